The summed E-state index contributed by atoms with van der Waals surface area (Å²) in [6.07, 6.45) is -2.18. The van der Waals surface area contributed by atoms with Crippen molar-refractivity contribution in [1.82, 2.24) is 4.90 Å². The summed E-state index contributed by atoms with van der Waals surface area (Å²) < 4.78 is 48.5. The molecule has 0 spiro atoms. The van der Waals surface area contributed by atoms with Crippen LogP contribution in [0.25, 0.3) is 0 Å². The van der Waals surface area contributed by atoms with Crippen LogP contribution >= 0.6 is 0 Å². The second kappa shape index (κ2) is 6.51. The SMILES string of the molecule is CCOC(=O)c1ccoc1CN1CCCC(C(F)(F)F)C1. The minimum absolute atomic E-state index is 0.0630. The Bertz CT molecular complexity index is 484. The fraction of sp³-hybridized carbons (Fsp3) is 0.643. The van der Waals surface area contributed by atoms with Crippen molar-refractivity contribution in [2.75, 3.05) is 19.7 Å². The van der Waals surface area contributed by atoms with Crippen LogP contribution in [0.5, 0.6) is 0 Å². The smallest absolute Gasteiger partial charge is 0.393 e. The lowest BCUT2D eigenvalue weighted by Gasteiger charge is -2.33. The molecule has 1 aliphatic heterocycles. The van der Waals surface area contributed by atoms with Gasteiger partial charge in [-0.2, -0.15) is 13.2 Å². The number of hydrogen-bond donors (Lipinski definition) is 0. The summed E-state index contributed by atoms with van der Waals surface area (Å²) in [5.74, 6) is -1.46. The molecule has 1 aliphatic rings. The van der Waals surface area contributed by atoms with Gasteiger partial charge < -0.3 is 9.15 Å². The molecule has 1 aromatic heterocycles. The number of carbonyl (C=O) groups is 1. The van der Waals surface area contributed by atoms with Crippen molar-refractivity contribution < 1.29 is 27.1 Å². The Labute approximate surface area is 120 Å². The van der Waals surface area contributed by atoms with E-state index in [1.165, 1.54) is 12.3 Å². The standard InChI is InChI=1S/C14H18F3NO3/c1-2-20-13(19)11-5-7-21-12(11)9-18-6-3-4-10(8-18)14(15,16)17/h5,7,10H,2-4,6,8-9H2,1H3. The third kappa shape index (κ3) is 4.00. The highest BCUT2D eigenvalue weighted by Gasteiger charge is 2.41. The van der Waals surface area contributed by atoms with Gasteiger partial charge in [-0.1, -0.05) is 0 Å². The van der Waals surface area contributed by atoms with E-state index >= 15 is 0 Å². The maximum absolute atomic E-state index is 12.8. The molecule has 0 aliphatic carbocycles. The summed E-state index contributed by atoms with van der Waals surface area (Å²) >= 11 is 0. The molecule has 1 unspecified atom stereocenters. The highest BCUT2D eigenvalue weighted by Crippen LogP contribution is 2.33. The number of ether oxygens (including phenoxy) is 1. The summed E-state index contributed by atoms with van der Waals surface area (Å²) in [5.41, 5.74) is 0.283. The number of hydrogen-bond acceptors (Lipinski definition) is 4. The van der Waals surface area contributed by atoms with E-state index in [-0.39, 0.29) is 31.7 Å². The van der Waals surface area contributed by atoms with E-state index in [4.69, 9.17) is 9.15 Å². The number of carbonyl (C=O) groups excluding carboxylic acids is 1. The summed E-state index contributed by atoms with van der Waals surface area (Å²) in [6, 6.07) is 1.48. The van der Waals surface area contributed by atoms with Crippen LogP contribution in [0.15, 0.2) is 16.7 Å². The number of esters is 1. The van der Waals surface area contributed by atoms with Crippen molar-refractivity contribution in [3.05, 3.63) is 23.7 Å². The Hall–Kier alpha value is -1.50. The Balaban J connectivity index is 2.02. The first kappa shape index (κ1) is 15.9. The highest BCUT2D eigenvalue weighted by molar-refractivity contribution is 5.90. The van der Waals surface area contributed by atoms with Gasteiger partial charge in [-0.05, 0) is 32.4 Å². The first-order chi connectivity index (χ1) is 9.91. The van der Waals surface area contributed by atoms with Gasteiger partial charge in [0.25, 0.3) is 0 Å². The van der Waals surface area contributed by atoms with Gasteiger partial charge in [0.05, 0.1) is 25.3 Å². The number of halogens is 3. The van der Waals surface area contributed by atoms with E-state index in [2.05, 4.69) is 0 Å². The van der Waals surface area contributed by atoms with Crippen molar-refractivity contribution in [3.8, 4) is 0 Å². The van der Waals surface area contributed by atoms with E-state index in [0.717, 1.165) is 0 Å². The van der Waals surface area contributed by atoms with E-state index in [0.29, 0.717) is 18.7 Å². The molecule has 2 rings (SSSR count). The van der Waals surface area contributed by atoms with Crippen LogP contribution in [0.4, 0.5) is 13.2 Å². The van der Waals surface area contributed by atoms with Gasteiger partial charge in [-0.25, -0.2) is 4.79 Å². The zero-order valence-electron chi connectivity index (χ0n) is 11.8. The van der Waals surface area contributed by atoms with Crippen molar-refractivity contribution in [2.24, 2.45) is 5.92 Å². The van der Waals surface area contributed by atoms with Crippen molar-refractivity contribution in [3.63, 3.8) is 0 Å². The highest BCUT2D eigenvalue weighted by atomic mass is 19.4. The third-order valence-corrected chi connectivity index (χ3v) is 3.58. The van der Waals surface area contributed by atoms with Crippen molar-refractivity contribution in [2.45, 2.75) is 32.5 Å². The summed E-state index contributed by atoms with van der Waals surface area (Å²) in [7, 11) is 0. The predicted octanol–water partition coefficient (Wildman–Crippen LogP) is 3.23. The van der Waals surface area contributed by atoms with Crippen LogP contribution in [-0.4, -0.2) is 36.7 Å². The zero-order chi connectivity index (χ0) is 15.5. The lowest BCUT2D eigenvalue weighted by Crippen LogP contribution is -2.41. The largest absolute Gasteiger partial charge is 0.467 e. The Morgan fingerprint density at radius 2 is 2.29 bits per heavy atom. The van der Waals surface area contributed by atoms with Gasteiger partial charge in [0.2, 0.25) is 0 Å². The van der Waals surface area contributed by atoms with E-state index in [1.54, 1.807) is 11.8 Å². The molecule has 0 aromatic carbocycles. The number of piperidine rings is 1. The van der Waals surface area contributed by atoms with Gasteiger partial charge >= 0.3 is 12.1 Å². The molecule has 7 heteroatoms. The first-order valence-corrected chi connectivity index (χ1v) is 6.94. The van der Waals surface area contributed by atoms with E-state index < -0.39 is 18.1 Å². The lowest BCUT2D eigenvalue weighted by molar-refractivity contribution is -0.187. The Morgan fingerprint density at radius 1 is 1.52 bits per heavy atom. The molecule has 0 radical (unpaired) electrons. The van der Waals surface area contributed by atoms with Crippen LogP contribution in [0.1, 0.15) is 35.9 Å². The maximum atomic E-state index is 12.8. The molecular weight excluding hydrogens is 287 g/mol. The van der Waals surface area contributed by atoms with Gasteiger partial charge in [0.15, 0.2) is 0 Å². The normalized spacial score (nSPS) is 20.5. The van der Waals surface area contributed by atoms with Crippen LogP contribution in [0.2, 0.25) is 0 Å². The van der Waals surface area contributed by atoms with E-state index in [1.807, 2.05) is 0 Å². The second-order valence-electron chi connectivity index (χ2n) is 5.09. The average molecular weight is 305 g/mol. The lowest BCUT2D eigenvalue weighted by atomic mass is 9.97. The van der Waals surface area contributed by atoms with Crippen LogP contribution in [0.3, 0.4) is 0 Å². The van der Waals surface area contributed by atoms with Crippen molar-refractivity contribution in [1.29, 1.82) is 0 Å². The summed E-state index contributed by atoms with van der Waals surface area (Å²) in [4.78, 5) is 13.4. The fourth-order valence-electron chi connectivity index (χ4n) is 2.52. The molecule has 0 bridgehead atoms. The molecule has 4 nitrogen and oxygen atoms in total. The number of alkyl halides is 3. The maximum Gasteiger partial charge on any atom is 0.393 e. The fourth-order valence-corrected chi connectivity index (χ4v) is 2.52. The van der Waals surface area contributed by atoms with Gasteiger partial charge in [-0.15, -0.1) is 0 Å². The topological polar surface area (TPSA) is 42.7 Å². The summed E-state index contributed by atoms with van der Waals surface area (Å²) in [5, 5.41) is 0. The number of nitrogens with zero attached hydrogens (tertiary/aromatic N) is 1. The molecule has 0 N–H and O–H groups in total. The number of rotatable bonds is 4. The Kier molecular flexibility index (Phi) is 4.92. The van der Waals surface area contributed by atoms with Gasteiger partial charge in [0, 0.05) is 6.54 Å². The zero-order valence-corrected chi connectivity index (χ0v) is 11.8. The second-order valence-corrected chi connectivity index (χ2v) is 5.09. The third-order valence-electron chi connectivity index (χ3n) is 3.58. The predicted molar refractivity (Wildman–Crippen MR) is 68.7 cm³/mol. The molecule has 2 heterocycles. The molecule has 118 valence electrons. The molecule has 1 aromatic rings. The first-order valence-electron chi connectivity index (χ1n) is 6.94. The van der Waals surface area contributed by atoms with Crippen LogP contribution in [-0.2, 0) is 11.3 Å². The minimum atomic E-state index is -4.17. The molecule has 1 atom stereocenters. The quantitative estimate of drug-likeness (QED) is 0.801. The molecule has 21 heavy (non-hydrogen) atoms. The molecular formula is C14H18F3NO3. The van der Waals surface area contributed by atoms with Gasteiger partial charge in [0.1, 0.15) is 11.3 Å². The van der Waals surface area contributed by atoms with Crippen LogP contribution < -0.4 is 0 Å². The molecule has 1 fully saturated rings. The van der Waals surface area contributed by atoms with Crippen LogP contribution in [0, 0.1) is 5.92 Å². The summed E-state index contributed by atoms with van der Waals surface area (Å²) in [6.45, 7) is 2.62. The molecule has 1 saturated heterocycles. The number of likely N-dealkylation sites (tertiary alicyclic amines) is 1. The number of furan rings is 1. The minimum Gasteiger partial charge on any atom is -0.467 e. The van der Waals surface area contributed by atoms with E-state index in [9.17, 15) is 18.0 Å². The average Bonchev–Trinajstić information content (AvgIpc) is 2.86. The monoisotopic (exact) mass is 305 g/mol. The van der Waals surface area contributed by atoms with Crippen molar-refractivity contribution >= 4 is 5.97 Å². The molecule has 0 amide bonds. The molecule has 0 saturated carbocycles. The van der Waals surface area contributed by atoms with Gasteiger partial charge in [-0.3, -0.25) is 4.90 Å². The Morgan fingerprint density at radius 3 is 2.95 bits per heavy atom.